The standard InChI is InChI=1S/C49H97FN2O3/c1-7-11-15-19-21-23-27-33-43-52(48(53)40-34-42-51(5)6)46(37-30-24-22-20-16-12-8-2)38-31-25-26-32-39-47(50)49(54)55-44-41-45(35-28-17-13-9-3)36-29-18-14-10-4/h45-47H,7-44H2,1-6H3. The van der Waals surface area contributed by atoms with Crippen LogP contribution in [-0.4, -0.2) is 67.7 Å². The SMILES string of the molecule is CCCCCCCCCCN(C(=O)CCCN(C)C)C(CCCCCCCCC)CCCCCCC(F)C(=O)OCCC(CCCCCC)CCCCCC. The summed E-state index contributed by atoms with van der Waals surface area (Å²) in [5.74, 6) is 0.268. The Morgan fingerprint density at radius 1 is 0.473 bits per heavy atom. The van der Waals surface area contributed by atoms with Gasteiger partial charge >= 0.3 is 5.97 Å². The number of carbonyl (C=O) groups is 2. The maximum atomic E-state index is 14.9. The average Bonchev–Trinajstić information content (AvgIpc) is 3.17. The zero-order chi connectivity index (χ0) is 40.6. The lowest BCUT2D eigenvalue weighted by Crippen LogP contribution is -2.41. The molecule has 0 saturated heterocycles. The lowest BCUT2D eigenvalue weighted by molar-refractivity contribution is -0.150. The van der Waals surface area contributed by atoms with Crippen molar-refractivity contribution in [3.8, 4) is 0 Å². The van der Waals surface area contributed by atoms with E-state index in [1.807, 2.05) is 0 Å². The number of amides is 1. The third kappa shape index (κ3) is 34.6. The van der Waals surface area contributed by atoms with Gasteiger partial charge in [0.05, 0.1) is 6.61 Å². The molecule has 0 radical (unpaired) electrons. The highest BCUT2D eigenvalue weighted by atomic mass is 19.1. The minimum Gasteiger partial charge on any atom is -0.464 e. The van der Waals surface area contributed by atoms with Gasteiger partial charge < -0.3 is 14.5 Å². The smallest absolute Gasteiger partial charge is 0.340 e. The van der Waals surface area contributed by atoms with Crippen LogP contribution in [0.2, 0.25) is 0 Å². The summed E-state index contributed by atoms with van der Waals surface area (Å²) in [6.07, 6.45) is 38.7. The summed E-state index contributed by atoms with van der Waals surface area (Å²) >= 11 is 0. The Kier molecular flexibility index (Phi) is 40.1. The molecule has 0 heterocycles. The van der Waals surface area contributed by atoms with E-state index >= 15 is 0 Å². The number of alkyl halides is 1. The predicted molar refractivity (Wildman–Crippen MR) is 238 cm³/mol. The van der Waals surface area contributed by atoms with Crippen molar-refractivity contribution in [2.24, 2.45) is 5.92 Å². The first kappa shape index (κ1) is 53.8. The lowest BCUT2D eigenvalue weighted by atomic mass is 9.92. The molecule has 0 bridgehead atoms. The van der Waals surface area contributed by atoms with Gasteiger partial charge in [-0.1, -0.05) is 201 Å². The average molecular weight is 781 g/mol. The van der Waals surface area contributed by atoms with Crippen LogP contribution in [-0.2, 0) is 14.3 Å². The van der Waals surface area contributed by atoms with Crippen molar-refractivity contribution in [3.05, 3.63) is 0 Å². The number of hydrogen-bond donors (Lipinski definition) is 0. The van der Waals surface area contributed by atoms with Crippen molar-refractivity contribution in [1.29, 1.82) is 0 Å². The van der Waals surface area contributed by atoms with Gasteiger partial charge in [0.15, 0.2) is 6.17 Å². The van der Waals surface area contributed by atoms with Crippen LogP contribution in [0.25, 0.3) is 0 Å². The van der Waals surface area contributed by atoms with Crippen molar-refractivity contribution in [1.82, 2.24) is 9.80 Å². The zero-order valence-corrected chi connectivity index (χ0v) is 38.1. The minimum absolute atomic E-state index is 0.257. The van der Waals surface area contributed by atoms with Crippen LogP contribution in [0.5, 0.6) is 0 Å². The number of hydrogen-bond acceptors (Lipinski definition) is 4. The Bertz CT molecular complexity index is 812. The molecule has 0 aromatic carbocycles. The van der Waals surface area contributed by atoms with Crippen molar-refractivity contribution in [2.45, 2.75) is 265 Å². The molecule has 0 aromatic rings. The topological polar surface area (TPSA) is 49.9 Å². The number of rotatable bonds is 43. The number of esters is 1. The summed E-state index contributed by atoms with van der Waals surface area (Å²) in [6.45, 7) is 11.2. The van der Waals surface area contributed by atoms with Crippen molar-refractivity contribution in [3.63, 3.8) is 0 Å². The summed E-state index contributed by atoms with van der Waals surface area (Å²) in [7, 11) is 4.17. The van der Waals surface area contributed by atoms with E-state index in [1.165, 1.54) is 154 Å². The van der Waals surface area contributed by atoms with E-state index in [1.54, 1.807) is 0 Å². The second-order valence-corrected chi connectivity index (χ2v) is 17.5. The molecule has 0 aliphatic carbocycles. The highest BCUT2D eigenvalue weighted by Gasteiger charge is 2.23. The van der Waals surface area contributed by atoms with E-state index in [0.717, 1.165) is 64.5 Å². The van der Waals surface area contributed by atoms with Gasteiger partial charge in [-0.05, 0) is 71.5 Å². The molecule has 0 aliphatic heterocycles. The van der Waals surface area contributed by atoms with Gasteiger partial charge in [0, 0.05) is 19.0 Å². The molecule has 6 heteroatoms. The largest absolute Gasteiger partial charge is 0.464 e. The monoisotopic (exact) mass is 781 g/mol. The summed E-state index contributed by atoms with van der Waals surface area (Å²) in [5, 5.41) is 0. The zero-order valence-electron chi connectivity index (χ0n) is 38.1. The molecule has 2 atom stereocenters. The Hall–Kier alpha value is -1.17. The molecule has 0 fully saturated rings. The molecule has 5 nitrogen and oxygen atoms in total. The summed E-state index contributed by atoms with van der Waals surface area (Å²) in [4.78, 5) is 30.8. The first-order valence-electron chi connectivity index (χ1n) is 24.5. The van der Waals surface area contributed by atoms with Crippen LogP contribution in [0.15, 0.2) is 0 Å². The van der Waals surface area contributed by atoms with Gasteiger partial charge in [0.2, 0.25) is 5.91 Å². The van der Waals surface area contributed by atoms with E-state index in [0.29, 0.717) is 37.3 Å². The van der Waals surface area contributed by atoms with E-state index in [2.05, 4.69) is 51.6 Å². The van der Waals surface area contributed by atoms with E-state index in [4.69, 9.17) is 4.74 Å². The molecule has 2 unspecified atom stereocenters. The number of halogens is 1. The molecule has 55 heavy (non-hydrogen) atoms. The third-order valence-electron chi connectivity index (χ3n) is 11.9. The molecule has 0 saturated carbocycles. The second-order valence-electron chi connectivity index (χ2n) is 17.5. The molecular weight excluding hydrogens is 684 g/mol. The first-order valence-corrected chi connectivity index (χ1v) is 24.5. The van der Waals surface area contributed by atoms with E-state index in [9.17, 15) is 14.0 Å². The van der Waals surface area contributed by atoms with Crippen LogP contribution in [0.4, 0.5) is 4.39 Å². The number of ether oxygens (including phenoxy) is 1. The maximum absolute atomic E-state index is 14.9. The van der Waals surface area contributed by atoms with Crippen molar-refractivity contribution >= 4 is 11.9 Å². The molecular formula is C49H97FN2O3. The highest BCUT2D eigenvalue weighted by molar-refractivity contribution is 5.76. The minimum atomic E-state index is -1.51. The summed E-state index contributed by atoms with van der Waals surface area (Å²) < 4.78 is 20.4. The van der Waals surface area contributed by atoms with E-state index in [-0.39, 0.29) is 6.42 Å². The second kappa shape index (κ2) is 41.0. The normalized spacial score (nSPS) is 12.8. The van der Waals surface area contributed by atoms with Gasteiger partial charge in [-0.3, -0.25) is 4.79 Å². The van der Waals surface area contributed by atoms with Gasteiger partial charge in [0.1, 0.15) is 0 Å². The van der Waals surface area contributed by atoms with Crippen LogP contribution in [0.1, 0.15) is 252 Å². The molecule has 0 aliphatic rings. The maximum Gasteiger partial charge on any atom is 0.340 e. The lowest BCUT2D eigenvalue weighted by Gasteiger charge is -2.33. The van der Waals surface area contributed by atoms with Crippen LogP contribution < -0.4 is 0 Å². The fraction of sp³-hybridized carbons (Fsp3) is 0.959. The summed E-state index contributed by atoms with van der Waals surface area (Å²) in [5.41, 5.74) is 0. The fourth-order valence-electron chi connectivity index (χ4n) is 8.15. The fourth-order valence-corrected chi connectivity index (χ4v) is 8.15. The highest BCUT2D eigenvalue weighted by Crippen LogP contribution is 2.24. The van der Waals surface area contributed by atoms with Crippen LogP contribution in [0.3, 0.4) is 0 Å². The van der Waals surface area contributed by atoms with Crippen molar-refractivity contribution in [2.75, 3.05) is 33.8 Å². The van der Waals surface area contributed by atoms with Gasteiger partial charge in [-0.2, -0.15) is 0 Å². The summed E-state index contributed by atoms with van der Waals surface area (Å²) in [6, 6.07) is 0.304. The molecule has 0 spiro atoms. The number of carbonyl (C=O) groups excluding carboxylic acids is 2. The third-order valence-corrected chi connectivity index (χ3v) is 11.9. The predicted octanol–water partition coefficient (Wildman–Crippen LogP) is 15.0. The quantitative estimate of drug-likeness (QED) is 0.0457. The van der Waals surface area contributed by atoms with Crippen LogP contribution >= 0.6 is 0 Å². The Labute approximate surface area is 343 Å². The molecule has 0 N–H and O–H groups in total. The van der Waals surface area contributed by atoms with Gasteiger partial charge in [-0.15, -0.1) is 0 Å². The molecule has 0 aromatic heterocycles. The van der Waals surface area contributed by atoms with Gasteiger partial charge in [0.25, 0.3) is 0 Å². The molecule has 0 rings (SSSR count). The van der Waals surface area contributed by atoms with Crippen molar-refractivity contribution < 1.29 is 18.7 Å². The Balaban J connectivity index is 4.98. The molecule has 1 amide bonds. The number of unbranched alkanes of at least 4 members (excludes halogenated alkanes) is 22. The molecule has 328 valence electrons. The van der Waals surface area contributed by atoms with Crippen LogP contribution in [0, 0.1) is 5.92 Å². The Morgan fingerprint density at radius 3 is 1.35 bits per heavy atom. The first-order chi connectivity index (χ1) is 26.8. The van der Waals surface area contributed by atoms with Gasteiger partial charge in [-0.25, -0.2) is 9.18 Å². The number of nitrogens with zero attached hydrogens (tertiary/aromatic N) is 2. The van der Waals surface area contributed by atoms with E-state index < -0.39 is 12.1 Å². The Morgan fingerprint density at radius 2 is 0.873 bits per heavy atom.